The van der Waals surface area contributed by atoms with Crippen LogP contribution in [0.15, 0.2) is 29.3 Å². The Kier molecular flexibility index (Phi) is 9.96. The number of carbonyl (C=O) groups is 1. The summed E-state index contributed by atoms with van der Waals surface area (Å²) in [7, 11) is 0. The number of hydrogen-bond acceptors (Lipinski definition) is 3. The van der Waals surface area contributed by atoms with Crippen molar-refractivity contribution in [3.05, 3.63) is 30.1 Å². The zero-order chi connectivity index (χ0) is 19.8. The minimum atomic E-state index is -0.311. The van der Waals surface area contributed by atoms with Gasteiger partial charge in [-0.3, -0.25) is 4.79 Å². The van der Waals surface area contributed by atoms with Crippen molar-refractivity contribution in [1.82, 2.24) is 15.5 Å². The van der Waals surface area contributed by atoms with Crippen LogP contribution in [0.5, 0.6) is 5.75 Å². The molecule has 2 fully saturated rings. The lowest BCUT2D eigenvalue weighted by atomic mass is 10.1. The van der Waals surface area contributed by atoms with E-state index in [9.17, 15) is 9.18 Å². The van der Waals surface area contributed by atoms with Gasteiger partial charge >= 0.3 is 0 Å². The first-order chi connectivity index (χ1) is 13.7. The normalized spacial score (nSPS) is 19.7. The van der Waals surface area contributed by atoms with Crippen molar-refractivity contribution in [2.45, 2.75) is 45.1 Å². The van der Waals surface area contributed by atoms with E-state index in [0.717, 1.165) is 44.9 Å². The number of guanidine groups is 1. The van der Waals surface area contributed by atoms with Crippen molar-refractivity contribution in [2.75, 3.05) is 32.8 Å². The quantitative estimate of drug-likeness (QED) is 0.252. The lowest BCUT2D eigenvalue weighted by Gasteiger charge is -2.21. The van der Waals surface area contributed by atoms with E-state index in [1.807, 2.05) is 11.8 Å². The molecule has 0 spiro atoms. The van der Waals surface area contributed by atoms with Crippen LogP contribution in [0.25, 0.3) is 0 Å². The number of rotatable bonds is 7. The largest absolute Gasteiger partial charge is 0.492 e. The summed E-state index contributed by atoms with van der Waals surface area (Å²) >= 11 is 0. The molecule has 1 aromatic carbocycles. The third-order valence-electron chi connectivity index (χ3n) is 5.32. The van der Waals surface area contributed by atoms with Crippen LogP contribution in [0.1, 0.15) is 39.0 Å². The zero-order valence-corrected chi connectivity index (χ0v) is 19.4. The van der Waals surface area contributed by atoms with Gasteiger partial charge < -0.3 is 20.3 Å². The zero-order valence-electron chi connectivity index (χ0n) is 17.0. The van der Waals surface area contributed by atoms with Gasteiger partial charge in [0.15, 0.2) is 5.96 Å². The summed E-state index contributed by atoms with van der Waals surface area (Å²) in [5.74, 6) is 1.48. The van der Waals surface area contributed by atoms with E-state index in [2.05, 4.69) is 15.6 Å². The van der Waals surface area contributed by atoms with Crippen molar-refractivity contribution in [3.8, 4) is 5.75 Å². The molecule has 29 heavy (non-hydrogen) atoms. The molecule has 1 saturated heterocycles. The second-order valence-electron chi connectivity index (χ2n) is 7.46. The smallest absolute Gasteiger partial charge is 0.225 e. The summed E-state index contributed by atoms with van der Waals surface area (Å²) in [6, 6.07) is 6.32. The van der Waals surface area contributed by atoms with Crippen molar-refractivity contribution in [2.24, 2.45) is 10.9 Å². The fraction of sp³-hybridized carbons (Fsp3) is 0.619. The Bertz CT molecular complexity index is 682. The van der Waals surface area contributed by atoms with E-state index in [1.165, 1.54) is 25.0 Å². The Labute approximate surface area is 189 Å². The maximum absolute atomic E-state index is 13.2. The molecule has 162 valence electrons. The summed E-state index contributed by atoms with van der Waals surface area (Å²) < 4.78 is 18.7. The van der Waals surface area contributed by atoms with Crippen LogP contribution in [0.3, 0.4) is 0 Å². The van der Waals surface area contributed by atoms with Crippen LogP contribution in [0, 0.1) is 11.7 Å². The molecule has 1 aromatic rings. The van der Waals surface area contributed by atoms with E-state index in [4.69, 9.17) is 4.74 Å². The number of carbonyl (C=O) groups excluding carboxylic acids is 1. The van der Waals surface area contributed by atoms with Crippen molar-refractivity contribution in [3.63, 3.8) is 0 Å². The van der Waals surface area contributed by atoms with Gasteiger partial charge in [-0.25, -0.2) is 9.38 Å². The van der Waals surface area contributed by atoms with E-state index in [1.54, 1.807) is 12.1 Å². The first-order valence-electron chi connectivity index (χ1n) is 10.4. The highest BCUT2D eigenvalue weighted by molar-refractivity contribution is 14.0. The number of aliphatic imine (C=N–C) groups is 1. The molecule has 3 rings (SSSR count). The van der Waals surface area contributed by atoms with Gasteiger partial charge in [-0.15, -0.1) is 24.0 Å². The summed E-state index contributed by atoms with van der Waals surface area (Å²) in [6.07, 6.45) is 5.38. The predicted molar refractivity (Wildman–Crippen MR) is 123 cm³/mol. The molecule has 8 heteroatoms. The van der Waals surface area contributed by atoms with Gasteiger partial charge in [-0.2, -0.15) is 0 Å². The van der Waals surface area contributed by atoms with Gasteiger partial charge in [0.2, 0.25) is 5.91 Å². The Morgan fingerprint density at radius 2 is 2.10 bits per heavy atom. The van der Waals surface area contributed by atoms with Crippen LogP contribution in [0.2, 0.25) is 0 Å². The average molecular weight is 518 g/mol. The number of ether oxygens (including phenoxy) is 1. The third-order valence-corrected chi connectivity index (χ3v) is 5.32. The van der Waals surface area contributed by atoms with Crippen molar-refractivity contribution >= 4 is 35.8 Å². The first kappa shape index (κ1) is 23.7. The third kappa shape index (κ3) is 7.31. The molecule has 1 atom stereocenters. The van der Waals surface area contributed by atoms with Gasteiger partial charge in [0, 0.05) is 37.7 Å². The van der Waals surface area contributed by atoms with Gasteiger partial charge in [-0.1, -0.05) is 18.9 Å². The number of likely N-dealkylation sites (tertiary alicyclic amines) is 1. The van der Waals surface area contributed by atoms with E-state index in [-0.39, 0.29) is 41.8 Å². The van der Waals surface area contributed by atoms with E-state index in [0.29, 0.717) is 24.8 Å². The second-order valence-corrected chi connectivity index (χ2v) is 7.46. The van der Waals surface area contributed by atoms with Crippen LogP contribution in [0.4, 0.5) is 4.39 Å². The van der Waals surface area contributed by atoms with E-state index >= 15 is 0 Å². The number of benzene rings is 1. The van der Waals surface area contributed by atoms with Crippen LogP contribution in [-0.2, 0) is 4.79 Å². The molecular weight excluding hydrogens is 486 g/mol. The van der Waals surface area contributed by atoms with Gasteiger partial charge in [0.25, 0.3) is 0 Å². The number of nitrogens with zero attached hydrogens (tertiary/aromatic N) is 2. The van der Waals surface area contributed by atoms with Crippen molar-refractivity contribution in [1.29, 1.82) is 0 Å². The monoisotopic (exact) mass is 518 g/mol. The SMILES string of the molecule is CCNC(=NCCOc1cccc(F)c1)NC1CCN(C(=O)C2CCCC2)C1.I. The highest BCUT2D eigenvalue weighted by Gasteiger charge is 2.32. The second kappa shape index (κ2) is 12.2. The summed E-state index contributed by atoms with van der Waals surface area (Å²) in [5.41, 5.74) is 0. The number of halogens is 2. The van der Waals surface area contributed by atoms with Gasteiger partial charge in [-0.05, 0) is 38.3 Å². The number of amides is 1. The molecule has 1 amide bonds. The predicted octanol–water partition coefficient (Wildman–Crippen LogP) is 3.17. The average Bonchev–Trinajstić information content (AvgIpc) is 3.37. The Morgan fingerprint density at radius 1 is 1.31 bits per heavy atom. The Balaban J connectivity index is 0.00000300. The number of hydrogen-bond donors (Lipinski definition) is 2. The Hall–Kier alpha value is -1.58. The lowest BCUT2D eigenvalue weighted by molar-refractivity contribution is -0.134. The van der Waals surface area contributed by atoms with Crippen molar-refractivity contribution < 1.29 is 13.9 Å². The molecule has 2 N–H and O–H groups in total. The molecule has 1 aliphatic carbocycles. The molecule has 1 saturated carbocycles. The molecule has 1 unspecified atom stereocenters. The van der Waals surface area contributed by atoms with Crippen LogP contribution < -0.4 is 15.4 Å². The topological polar surface area (TPSA) is 66.0 Å². The molecule has 0 aromatic heterocycles. The van der Waals surface area contributed by atoms with Crippen LogP contribution >= 0.6 is 24.0 Å². The minimum Gasteiger partial charge on any atom is -0.492 e. The summed E-state index contributed by atoms with van der Waals surface area (Å²) in [4.78, 5) is 19.1. The lowest BCUT2D eigenvalue weighted by Crippen LogP contribution is -2.45. The fourth-order valence-corrected chi connectivity index (χ4v) is 3.90. The van der Waals surface area contributed by atoms with Gasteiger partial charge in [0.05, 0.1) is 6.54 Å². The molecule has 0 bridgehead atoms. The first-order valence-corrected chi connectivity index (χ1v) is 10.4. The summed E-state index contributed by atoms with van der Waals surface area (Å²) in [5, 5.41) is 6.67. The number of nitrogens with one attached hydrogen (secondary N) is 2. The molecule has 1 aliphatic heterocycles. The van der Waals surface area contributed by atoms with E-state index < -0.39 is 0 Å². The maximum atomic E-state index is 13.2. The molecule has 6 nitrogen and oxygen atoms in total. The minimum absolute atomic E-state index is 0. The fourth-order valence-electron chi connectivity index (χ4n) is 3.90. The molecule has 2 aliphatic rings. The van der Waals surface area contributed by atoms with Crippen LogP contribution in [-0.4, -0.2) is 55.6 Å². The highest BCUT2D eigenvalue weighted by Crippen LogP contribution is 2.27. The molecule has 0 radical (unpaired) electrons. The highest BCUT2D eigenvalue weighted by atomic mass is 127. The standard InChI is InChI=1S/C21H31FN4O2.HI/c1-2-23-21(24-11-13-28-19-9-5-8-17(22)14-19)25-18-10-12-26(15-18)20(27)16-6-3-4-7-16;/h5,8-9,14,16,18H,2-4,6-7,10-13,15H2,1H3,(H2,23,24,25);1H. The Morgan fingerprint density at radius 3 is 2.83 bits per heavy atom. The molecular formula is C21H32FIN4O2. The maximum Gasteiger partial charge on any atom is 0.225 e. The molecule has 1 heterocycles. The van der Waals surface area contributed by atoms with Gasteiger partial charge in [0.1, 0.15) is 18.2 Å². The summed E-state index contributed by atoms with van der Waals surface area (Å²) in [6.45, 7) is 5.16.